The molecule has 35 heavy (non-hydrogen) atoms. The first kappa shape index (κ1) is 25.8. The lowest BCUT2D eigenvalue weighted by molar-refractivity contribution is -0.0680. The Bertz CT molecular complexity index is 1190. The lowest BCUT2D eigenvalue weighted by atomic mass is 9.92. The summed E-state index contributed by atoms with van der Waals surface area (Å²) >= 11 is 14.0. The molecule has 0 saturated heterocycles. The van der Waals surface area contributed by atoms with Crippen LogP contribution in [0.3, 0.4) is 0 Å². The van der Waals surface area contributed by atoms with Gasteiger partial charge in [-0.2, -0.15) is 0 Å². The summed E-state index contributed by atoms with van der Waals surface area (Å²) in [7, 11) is 0. The summed E-state index contributed by atoms with van der Waals surface area (Å²) in [6, 6.07) is 15.4. The maximum Gasteiger partial charge on any atom is 0.196 e. The summed E-state index contributed by atoms with van der Waals surface area (Å²) in [4.78, 5) is 0. The predicted molar refractivity (Wildman–Crippen MR) is 140 cm³/mol. The molecule has 6 nitrogen and oxygen atoms in total. The van der Waals surface area contributed by atoms with Crippen molar-refractivity contribution in [1.29, 1.82) is 0 Å². The number of aliphatic hydroxyl groups is 2. The number of ether oxygens (including phenoxy) is 1. The molecule has 184 valence electrons. The number of halogens is 2. The first-order valence-electron chi connectivity index (χ1n) is 11.4. The van der Waals surface area contributed by atoms with Crippen LogP contribution in [0.1, 0.15) is 36.4 Å². The van der Waals surface area contributed by atoms with Crippen molar-refractivity contribution in [3.63, 3.8) is 0 Å². The van der Waals surface area contributed by atoms with Crippen LogP contribution in [0.2, 0.25) is 5.02 Å². The molecule has 4 rings (SSSR count). The van der Waals surface area contributed by atoms with Gasteiger partial charge in [-0.05, 0) is 54.7 Å². The lowest BCUT2D eigenvalue weighted by Crippen LogP contribution is -2.16. The van der Waals surface area contributed by atoms with Crippen molar-refractivity contribution in [2.75, 3.05) is 6.61 Å². The summed E-state index contributed by atoms with van der Waals surface area (Å²) in [6.07, 6.45) is 7.10. The second kappa shape index (κ2) is 12.1. The number of aliphatic hydroxyl groups excluding tert-OH is 1. The fourth-order valence-corrected chi connectivity index (χ4v) is 5.50. The minimum Gasteiger partial charge on any atom is -0.488 e. The molecule has 1 aliphatic carbocycles. The summed E-state index contributed by atoms with van der Waals surface area (Å²) < 4.78 is 7.56. The molecule has 2 N–H and O–H groups in total. The molecule has 2 unspecified atom stereocenters. The van der Waals surface area contributed by atoms with Crippen molar-refractivity contribution >= 4 is 35.0 Å². The molecule has 0 radical (unpaired) electrons. The van der Waals surface area contributed by atoms with Crippen LogP contribution in [0, 0.1) is 5.92 Å². The first-order chi connectivity index (χ1) is 16.9. The highest BCUT2D eigenvalue weighted by Gasteiger charge is 2.27. The zero-order valence-electron chi connectivity index (χ0n) is 19.2. The molecule has 1 heterocycles. The molecule has 3 aromatic rings. The Morgan fingerprint density at radius 3 is 2.63 bits per heavy atom. The maximum atomic E-state index is 9.17. The third kappa shape index (κ3) is 6.68. The Labute approximate surface area is 219 Å². The second-order valence-corrected chi connectivity index (χ2v) is 10.2. The van der Waals surface area contributed by atoms with Crippen LogP contribution in [0.25, 0.3) is 5.69 Å². The summed E-state index contributed by atoms with van der Waals surface area (Å²) in [5.74, 6) is 1.60. The van der Waals surface area contributed by atoms with E-state index in [1.807, 2.05) is 42.5 Å². The standard InChI is InChI=1S/C26H27Cl2N3O3S/c1-2-4-23-29-30-26(31(23)21-5-3-6-22(15-21)34-16-24(32)33)35-25(17-7-11-19(27)12-8-17)18-9-13-20(28)14-10-18/h3,5-9,11-15,18,24-25,32-33H,2,4,10,16H2,1H3. The van der Waals surface area contributed by atoms with E-state index in [1.165, 1.54) is 0 Å². The van der Waals surface area contributed by atoms with E-state index in [4.69, 9.17) is 38.2 Å². The normalized spacial score (nSPS) is 16.4. The number of allylic oxidation sites excluding steroid dienone is 4. The van der Waals surface area contributed by atoms with Gasteiger partial charge in [0.15, 0.2) is 11.4 Å². The van der Waals surface area contributed by atoms with E-state index in [0.29, 0.717) is 10.8 Å². The van der Waals surface area contributed by atoms with Gasteiger partial charge in [0.25, 0.3) is 0 Å². The topological polar surface area (TPSA) is 80.4 Å². The molecular formula is C26H27Cl2N3O3S. The summed E-state index contributed by atoms with van der Waals surface area (Å²) in [5.41, 5.74) is 1.99. The van der Waals surface area contributed by atoms with Crippen LogP contribution in [-0.4, -0.2) is 37.9 Å². The van der Waals surface area contributed by atoms with Gasteiger partial charge >= 0.3 is 0 Å². The first-order valence-corrected chi connectivity index (χ1v) is 13.1. The zero-order chi connectivity index (χ0) is 24.8. The molecule has 0 aliphatic heterocycles. The number of aryl methyl sites for hydroxylation is 1. The van der Waals surface area contributed by atoms with Crippen LogP contribution in [0.4, 0.5) is 0 Å². The van der Waals surface area contributed by atoms with Crippen molar-refractivity contribution in [2.24, 2.45) is 5.92 Å². The molecule has 2 atom stereocenters. The van der Waals surface area contributed by atoms with Gasteiger partial charge in [-0.25, -0.2) is 0 Å². The van der Waals surface area contributed by atoms with E-state index in [-0.39, 0.29) is 17.8 Å². The van der Waals surface area contributed by atoms with Gasteiger partial charge in [-0.3, -0.25) is 4.57 Å². The Hall–Kier alpha value is -2.29. The molecular weight excluding hydrogens is 505 g/mol. The predicted octanol–water partition coefficient (Wildman–Crippen LogP) is 6.09. The number of hydrogen-bond acceptors (Lipinski definition) is 6. The van der Waals surface area contributed by atoms with E-state index < -0.39 is 6.29 Å². The number of nitrogens with zero attached hydrogens (tertiary/aromatic N) is 3. The molecule has 1 aromatic heterocycles. The van der Waals surface area contributed by atoms with Crippen LogP contribution in [0.15, 0.2) is 76.9 Å². The van der Waals surface area contributed by atoms with Crippen molar-refractivity contribution < 1.29 is 14.9 Å². The average Bonchev–Trinajstić information content (AvgIpc) is 3.25. The monoisotopic (exact) mass is 531 g/mol. The summed E-state index contributed by atoms with van der Waals surface area (Å²) in [5, 5.41) is 29.7. The maximum absolute atomic E-state index is 9.17. The fourth-order valence-electron chi connectivity index (χ4n) is 3.91. The number of aromatic nitrogens is 3. The molecule has 2 aromatic carbocycles. The highest BCUT2D eigenvalue weighted by molar-refractivity contribution is 7.99. The molecule has 1 aliphatic rings. The highest BCUT2D eigenvalue weighted by atomic mass is 35.5. The van der Waals surface area contributed by atoms with Crippen molar-refractivity contribution in [2.45, 2.75) is 42.9 Å². The van der Waals surface area contributed by atoms with Gasteiger partial charge in [0.1, 0.15) is 18.2 Å². The lowest BCUT2D eigenvalue weighted by Gasteiger charge is -2.25. The molecule has 0 amide bonds. The van der Waals surface area contributed by atoms with E-state index >= 15 is 0 Å². The highest BCUT2D eigenvalue weighted by Crippen LogP contribution is 2.44. The number of thioether (sulfide) groups is 1. The molecule has 0 saturated carbocycles. The zero-order valence-corrected chi connectivity index (χ0v) is 21.5. The number of rotatable bonds is 10. The number of hydrogen-bond donors (Lipinski definition) is 2. The van der Waals surface area contributed by atoms with Gasteiger partial charge in [-0.1, -0.05) is 72.2 Å². The Balaban J connectivity index is 1.71. The minimum absolute atomic E-state index is 0.0610. The van der Waals surface area contributed by atoms with Crippen LogP contribution in [0.5, 0.6) is 5.75 Å². The van der Waals surface area contributed by atoms with E-state index in [9.17, 15) is 0 Å². The van der Waals surface area contributed by atoms with E-state index in [1.54, 1.807) is 17.8 Å². The van der Waals surface area contributed by atoms with Gasteiger partial charge < -0.3 is 14.9 Å². The van der Waals surface area contributed by atoms with Gasteiger partial charge in [0.2, 0.25) is 0 Å². The Morgan fingerprint density at radius 2 is 1.94 bits per heavy atom. The molecule has 9 heteroatoms. The van der Waals surface area contributed by atoms with Gasteiger partial charge in [-0.15, -0.1) is 10.2 Å². The van der Waals surface area contributed by atoms with E-state index in [0.717, 1.165) is 46.5 Å². The quantitative estimate of drug-likeness (QED) is 0.243. The number of benzene rings is 2. The molecule has 0 fully saturated rings. The van der Waals surface area contributed by atoms with Crippen LogP contribution < -0.4 is 4.74 Å². The third-order valence-corrected chi connectivity index (χ3v) is 7.44. The Morgan fingerprint density at radius 1 is 1.14 bits per heavy atom. The van der Waals surface area contributed by atoms with Gasteiger partial charge in [0, 0.05) is 27.8 Å². The van der Waals surface area contributed by atoms with Crippen LogP contribution in [-0.2, 0) is 6.42 Å². The summed E-state index contributed by atoms with van der Waals surface area (Å²) in [6.45, 7) is 1.89. The van der Waals surface area contributed by atoms with Gasteiger partial charge in [0.05, 0.1) is 5.69 Å². The van der Waals surface area contributed by atoms with E-state index in [2.05, 4.69) is 39.9 Å². The SMILES string of the molecule is CCCc1nnc(SC(c2ccc(Cl)cc2)C2C=CC(Cl)=CC2)n1-c1cccc(OCC(O)O)c1. The fraction of sp³-hybridized carbons (Fsp3) is 0.308. The van der Waals surface area contributed by atoms with Crippen molar-refractivity contribution in [3.05, 3.63) is 88.2 Å². The third-order valence-electron chi connectivity index (χ3n) is 5.56. The second-order valence-electron chi connectivity index (χ2n) is 8.21. The molecule has 0 spiro atoms. The average molecular weight is 532 g/mol. The smallest absolute Gasteiger partial charge is 0.196 e. The molecule has 0 bridgehead atoms. The minimum atomic E-state index is -1.54. The van der Waals surface area contributed by atoms with Crippen molar-refractivity contribution in [3.8, 4) is 11.4 Å². The van der Waals surface area contributed by atoms with Crippen molar-refractivity contribution in [1.82, 2.24) is 14.8 Å². The van der Waals surface area contributed by atoms with Crippen LogP contribution >= 0.6 is 35.0 Å². The Kier molecular flexibility index (Phi) is 8.92. The largest absolute Gasteiger partial charge is 0.488 e.